The Hall–Kier alpha value is -3.55. The van der Waals surface area contributed by atoms with Gasteiger partial charge in [-0.2, -0.15) is 13.2 Å². The lowest BCUT2D eigenvalue weighted by atomic mass is 9.90. The zero-order chi connectivity index (χ0) is 23.4. The standard InChI is InChI=1S/C25H23F3N2O3/c26-25(27,28)22-8-3-11-29-23(22)33-21-7-1-4-18(15-21)14-17-9-12-30(13-10-17)24(32)19-5-2-6-20(31)16-19/h1-8,11,15-17,31H,9-10,12-14H2. The smallest absolute Gasteiger partial charge is 0.421 e. The lowest BCUT2D eigenvalue weighted by Crippen LogP contribution is -2.38. The SMILES string of the molecule is O=C(c1cccc(O)c1)N1CCC(Cc2cccc(Oc3ncccc3C(F)(F)F)c2)CC1. The van der Waals surface area contributed by atoms with E-state index >= 15 is 0 Å². The molecule has 0 bridgehead atoms. The van der Waals surface area contributed by atoms with Crippen molar-refractivity contribution in [2.45, 2.75) is 25.4 Å². The van der Waals surface area contributed by atoms with Gasteiger partial charge < -0.3 is 14.7 Å². The number of halogens is 3. The maximum Gasteiger partial charge on any atom is 0.421 e. The molecular formula is C25H23F3N2O3. The molecule has 1 N–H and O–H groups in total. The number of carbonyl (C=O) groups is 1. The number of phenols is 1. The Morgan fingerprint density at radius 1 is 1.06 bits per heavy atom. The van der Waals surface area contributed by atoms with Crippen molar-refractivity contribution in [2.75, 3.05) is 13.1 Å². The van der Waals surface area contributed by atoms with Crippen molar-refractivity contribution >= 4 is 5.91 Å². The quantitative estimate of drug-likeness (QED) is 0.536. The van der Waals surface area contributed by atoms with Crippen molar-refractivity contribution in [1.82, 2.24) is 9.88 Å². The Bertz CT molecular complexity index is 1130. The summed E-state index contributed by atoms with van der Waals surface area (Å²) in [7, 11) is 0. The summed E-state index contributed by atoms with van der Waals surface area (Å²) in [5.41, 5.74) is 0.500. The van der Waals surface area contributed by atoms with Crippen molar-refractivity contribution in [3.8, 4) is 17.4 Å². The van der Waals surface area contributed by atoms with Crippen molar-refractivity contribution in [2.24, 2.45) is 5.92 Å². The number of aromatic hydroxyl groups is 1. The highest BCUT2D eigenvalue weighted by atomic mass is 19.4. The lowest BCUT2D eigenvalue weighted by molar-refractivity contribution is -0.138. The number of pyridine rings is 1. The van der Waals surface area contributed by atoms with E-state index in [4.69, 9.17) is 4.74 Å². The molecule has 1 aromatic heterocycles. The van der Waals surface area contributed by atoms with Crippen molar-refractivity contribution in [3.05, 3.63) is 83.6 Å². The molecule has 1 aliphatic heterocycles. The molecule has 172 valence electrons. The second-order valence-corrected chi connectivity index (χ2v) is 8.09. The summed E-state index contributed by atoms with van der Waals surface area (Å²) in [5, 5.41) is 9.60. The molecule has 0 radical (unpaired) electrons. The Balaban J connectivity index is 1.37. The third kappa shape index (κ3) is 5.63. The molecule has 0 spiro atoms. The zero-order valence-corrected chi connectivity index (χ0v) is 17.8. The molecule has 2 heterocycles. The molecule has 0 saturated carbocycles. The van der Waals surface area contributed by atoms with Gasteiger partial charge in [-0.25, -0.2) is 4.98 Å². The van der Waals surface area contributed by atoms with Crippen molar-refractivity contribution in [1.29, 1.82) is 0 Å². The fourth-order valence-electron chi connectivity index (χ4n) is 4.03. The normalized spacial score (nSPS) is 14.8. The molecular weight excluding hydrogens is 433 g/mol. The van der Waals surface area contributed by atoms with Gasteiger partial charge >= 0.3 is 6.18 Å². The molecule has 1 fully saturated rings. The van der Waals surface area contributed by atoms with Gasteiger partial charge in [-0.1, -0.05) is 18.2 Å². The van der Waals surface area contributed by atoms with Crippen molar-refractivity contribution < 1.29 is 27.8 Å². The summed E-state index contributed by atoms with van der Waals surface area (Å²) < 4.78 is 45.1. The number of benzene rings is 2. The molecule has 3 aromatic rings. The van der Waals surface area contributed by atoms with Crippen LogP contribution in [0.2, 0.25) is 0 Å². The molecule has 0 atom stereocenters. The summed E-state index contributed by atoms with van der Waals surface area (Å²) in [5.74, 6) is 0.129. The minimum atomic E-state index is -4.55. The summed E-state index contributed by atoms with van der Waals surface area (Å²) in [6, 6.07) is 15.5. The number of alkyl halides is 3. The summed E-state index contributed by atoms with van der Waals surface area (Å²) in [4.78, 5) is 18.2. The molecule has 0 aliphatic carbocycles. The molecule has 5 nitrogen and oxygen atoms in total. The van der Waals surface area contributed by atoms with Crippen LogP contribution in [0.15, 0.2) is 66.9 Å². The minimum absolute atomic E-state index is 0.0610. The number of nitrogens with zero attached hydrogens (tertiary/aromatic N) is 2. The molecule has 2 aromatic carbocycles. The van der Waals surface area contributed by atoms with Gasteiger partial charge in [-0.05, 0) is 73.2 Å². The zero-order valence-electron chi connectivity index (χ0n) is 17.8. The van der Waals surface area contributed by atoms with E-state index in [9.17, 15) is 23.1 Å². The highest BCUT2D eigenvalue weighted by molar-refractivity contribution is 5.94. The van der Waals surface area contributed by atoms with E-state index in [1.54, 1.807) is 35.2 Å². The van der Waals surface area contributed by atoms with Crippen LogP contribution in [0, 0.1) is 5.92 Å². The third-order valence-electron chi connectivity index (χ3n) is 5.71. The number of amides is 1. The molecule has 8 heteroatoms. The molecule has 1 aliphatic rings. The average Bonchev–Trinajstić information content (AvgIpc) is 2.79. The van der Waals surface area contributed by atoms with Crippen LogP contribution in [0.4, 0.5) is 13.2 Å². The van der Waals surface area contributed by atoms with E-state index in [0.29, 0.717) is 30.3 Å². The van der Waals surface area contributed by atoms with Crippen LogP contribution in [0.1, 0.15) is 34.3 Å². The number of likely N-dealkylation sites (tertiary alicyclic amines) is 1. The van der Waals surface area contributed by atoms with E-state index in [2.05, 4.69) is 4.98 Å². The fraction of sp³-hybridized carbons (Fsp3) is 0.280. The number of carbonyl (C=O) groups excluding carboxylic acids is 1. The van der Waals surface area contributed by atoms with Crippen LogP contribution in [-0.2, 0) is 12.6 Å². The highest BCUT2D eigenvalue weighted by Gasteiger charge is 2.35. The molecule has 1 saturated heterocycles. The molecule has 33 heavy (non-hydrogen) atoms. The number of hydrogen-bond donors (Lipinski definition) is 1. The van der Waals surface area contributed by atoms with Gasteiger partial charge in [0.25, 0.3) is 5.91 Å². The van der Waals surface area contributed by atoms with Gasteiger partial charge in [0.05, 0.1) is 0 Å². The predicted molar refractivity (Wildman–Crippen MR) is 116 cm³/mol. The lowest BCUT2D eigenvalue weighted by Gasteiger charge is -2.32. The van der Waals surface area contributed by atoms with Gasteiger partial charge in [0.2, 0.25) is 5.88 Å². The molecule has 0 unspecified atom stereocenters. The first-order valence-electron chi connectivity index (χ1n) is 10.7. The molecule has 1 amide bonds. The van der Waals surface area contributed by atoms with E-state index in [-0.39, 0.29) is 11.7 Å². The number of phenolic OH excluding ortho intramolecular Hbond substituents is 1. The fourth-order valence-corrected chi connectivity index (χ4v) is 4.03. The second-order valence-electron chi connectivity index (χ2n) is 8.09. The monoisotopic (exact) mass is 456 g/mol. The number of aromatic nitrogens is 1. The first-order chi connectivity index (χ1) is 15.8. The first kappa shape index (κ1) is 22.6. The minimum Gasteiger partial charge on any atom is -0.508 e. The summed E-state index contributed by atoms with van der Waals surface area (Å²) in [6.07, 6.45) is -0.923. The van der Waals surface area contributed by atoms with E-state index in [1.165, 1.54) is 24.4 Å². The van der Waals surface area contributed by atoms with Gasteiger partial charge in [-0.3, -0.25) is 4.79 Å². The predicted octanol–water partition coefficient (Wildman–Crippen LogP) is 5.69. The molecule has 4 rings (SSSR count). The Kier molecular flexibility index (Phi) is 6.53. The van der Waals surface area contributed by atoms with Crippen molar-refractivity contribution in [3.63, 3.8) is 0 Å². The van der Waals surface area contributed by atoms with Gasteiger partial charge in [-0.15, -0.1) is 0 Å². The van der Waals surface area contributed by atoms with Gasteiger partial charge in [0.1, 0.15) is 17.1 Å². The second kappa shape index (κ2) is 9.52. The van der Waals surface area contributed by atoms with Crippen LogP contribution in [0.25, 0.3) is 0 Å². The Morgan fingerprint density at radius 3 is 2.55 bits per heavy atom. The topological polar surface area (TPSA) is 62.7 Å². The first-order valence-corrected chi connectivity index (χ1v) is 10.7. The largest absolute Gasteiger partial charge is 0.508 e. The average molecular weight is 456 g/mol. The number of hydrogen-bond acceptors (Lipinski definition) is 4. The number of ether oxygens (including phenoxy) is 1. The van der Waals surface area contributed by atoms with Crippen LogP contribution in [0.5, 0.6) is 17.4 Å². The van der Waals surface area contributed by atoms with E-state index in [1.807, 2.05) is 6.07 Å². The van der Waals surface area contributed by atoms with Crippen LogP contribution in [0.3, 0.4) is 0 Å². The van der Waals surface area contributed by atoms with E-state index < -0.39 is 17.6 Å². The summed E-state index contributed by atoms with van der Waals surface area (Å²) >= 11 is 0. The Labute approximate surface area is 189 Å². The third-order valence-corrected chi connectivity index (χ3v) is 5.71. The Morgan fingerprint density at radius 2 is 1.82 bits per heavy atom. The number of piperidine rings is 1. The van der Waals surface area contributed by atoms with Gasteiger partial charge in [0, 0.05) is 24.8 Å². The van der Waals surface area contributed by atoms with Crippen LogP contribution < -0.4 is 4.74 Å². The summed E-state index contributed by atoms with van der Waals surface area (Å²) in [6.45, 7) is 1.22. The van der Waals surface area contributed by atoms with Crippen LogP contribution in [-0.4, -0.2) is 34.0 Å². The maximum absolute atomic E-state index is 13.2. The van der Waals surface area contributed by atoms with E-state index in [0.717, 1.165) is 30.9 Å². The van der Waals surface area contributed by atoms with Crippen LogP contribution >= 0.6 is 0 Å². The highest BCUT2D eigenvalue weighted by Crippen LogP contribution is 2.36. The van der Waals surface area contributed by atoms with Gasteiger partial charge in [0.15, 0.2) is 0 Å². The maximum atomic E-state index is 13.2. The number of rotatable bonds is 5.